The van der Waals surface area contributed by atoms with Gasteiger partial charge in [-0.1, -0.05) is 0 Å². The summed E-state index contributed by atoms with van der Waals surface area (Å²) in [5, 5.41) is 13.7. The second-order valence-corrected chi connectivity index (χ2v) is 6.13. The SMILES string of the molecule is Cn1nc(-c2cnccn2)cc1Oc1cc(C#N)ccc1-c1ncc(CN)cn1. The predicted molar refractivity (Wildman–Crippen MR) is 104 cm³/mol. The molecule has 0 fully saturated rings. The number of rotatable bonds is 5. The van der Waals surface area contributed by atoms with Gasteiger partial charge >= 0.3 is 0 Å². The lowest BCUT2D eigenvalue weighted by Gasteiger charge is -2.11. The molecule has 0 spiro atoms. The van der Waals surface area contributed by atoms with E-state index in [-0.39, 0.29) is 0 Å². The van der Waals surface area contributed by atoms with Crippen molar-refractivity contribution in [1.82, 2.24) is 29.7 Å². The zero-order valence-corrected chi connectivity index (χ0v) is 15.5. The summed E-state index contributed by atoms with van der Waals surface area (Å²) in [6, 6.07) is 8.96. The van der Waals surface area contributed by atoms with E-state index < -0.39 is 0 Å². The van der Waals surface area contributed by atoms with Crippen molar-refractivity contribution in [2.45, 2.75) is 6.54 Å². The molecule has 4 rings (SSSR count). The Morgan fingerprint density at radius 2 is 1.90 bits per heavy atom. The van der Waals surface area contributed by atoms with E-state index in [4.69, 9.17) is 10.5 Å². The third-order valence-corrected chi connectivity index (χ3v) is 4.17. The summed E-state index contributed by atoms with van der Waals surface area (Å²) in [7, 11) is 1.76. The summed E-state index contributed by atoms with van der Waals surface area (Å²) >= 11 is 0. The molecule has 0 saturated heterocycles. The Morgan fingerprint density at radius 1 is 1.07 bits per heavy atom. The van der Waals surface area contributed by atoms with E-state index in [1.165, 1.54) is 0 Å². The van der Waals surface area contributed by atoms with Crippen LogP contribution in [0, 0.1) is 11.3 Å². The number of aryl methyl sites for hydroxylation is 1. The van der Waals surface area contributed by atoms with Crippen LogP contribution < -0.4 is 10.5 Å². The number of hydrogen-bond acceptors (Lipinski definition) is 8. The minimum absolute atomic E-state index is 0.358. The van der Waals surface area contributed by atoms with E-state index in [0.717, 1.165) is 5.56 Å². The van der Waals surface area contributed by atoms with Gasteiger partial charge in [0.1, 0.15) is 17.1 Å². The zero-order valence-electron chi connectivity index (χ0n) is 15.5. The van der Waals surface area contributed by atoms with Crippen LogP contribution >= 0.6 is 0 Å². The lowest BCUT2D eigenvalue weighted by atomic mass is 10.1. The molecule has 0 aliphatic rings. The average Bonchev–Trinajstić information content (AvgIpc) is 3.14. The van der Waals surface area contributed by atoms with Crippen LogP contribution in [0.3, 0.4) is 0 Å². The van der Waals surface area contributed by atoms with Crippen molar-refractivity contribution in [1.29, 1.82) is 5.26 Å². The quantitative estimate of drug-likeness (QED) is 0.555. The Balaban J connectivity index is 1.73. The first-order chi connectivity index (χ1) is 14.2. The van der Waals surface area contributed by atoms with Gasteiger partial charge in [0.05, 0.1) is 23.4 Å². The number of benzene rings is 1. The molecule has 1 aromatic carbocycles. The Hall–Kier alpha value is -4.16. The van der Waals surface area contributed by atoms with Crippen LogP contribution in [-0.4, -0.2) is 29.7 Å². The normalized spacial score (nSPS) is 10.5. The van der Waals surface area contributed by atoms with E-state index in [2.05, 4.69) is 31.1 Å². The fourth-order valence-electron chi connectivity index (χ4n) is 2.68. The predicted octanol–water partition coefficient (Wildman–Crippen LogP) is 2.46. The maximum Gasteiger partial charge on any atom is 0.218 e. The number of ether oxygens (including phenoxy) is 1. The first kappa shape index (κ1) is 18.2. The minimum Gasteiger partial charge on any atom is -0.438 e. The van der Waals surface area contributed by atoms with Crippen molar-refractivity contribution < 1.29 is 4.74 Å². The molecule has 142 valence electrons. The van der Waals surface area contributed by atoms with Gasteiger partial charge in [0, 0.05) is 50.0 Å². The summed E-state index contributed by atoms with van der Waals surface area (Å²) in [6.07, 6.45) is 8.16. The highest BCUT2D eigenvalue weighted by Gasteiger charge is 2.15. The first-order valence-electron chi connectivity index (χ1n) is 8.71. The molecule has 3 aromatic heterocycles. The van der Waals surface area contributed by atoms with Crippen molar-refractivity contribution in [2.24, 2.45) is 12.8 Å². The zero-order chi connectivity index (χ0) is 20.2. The molecule has 0 amide bonds. The van der Waals surface area contributed by atoms with Gasteiger partial charge in [-0.2, -0.15) is 10.4 Å². The van der Waals surface area contributed by atoms with Crippen molar-refractivity contribution in [3.05, 3.63) is 66.4 Å². The molecule has 29 heavy (non-hydrogen) atoms. The molecule has 0 aliphatic heterocycles. The Morgan fingerprint density at radius 3 is 2.59 bits per heavy atom. The van der Waals surface area contributed by atoms with Gasteiger partial charge in [-0.05, 0) is 18.2 Å². The molecule has 9 nitrogen and oxygen atoms in total. The number of hydrogen-bond donors (Lipinski definition) is 1. The first-order valence-corrected chi connectivity index (χ1v) is 8.71. The third-order valence-electron chi connectivity index (χ3n) is 4.17. The maximum absolute atomic E-state index is 9.28. The molecule has 0 unspecified atom stereocenters. The monoisotopic (exact) mass is 384 g/mol. The van der Waals surface area contributed by atoms with Gasteiger partial charge in [0.25, 0.3) is 0 Å². The summed E-state index contributed by atoms with van der Waals surface area (Å²) in [5.41, 5.74) is 8.80. The fraction of sp³-hybridized carbons (Fsp3) is 0.100. The molecular formula is C20H16N8O. The molecule has 9 heteroatoms. The van der Waals surface area contributed by atoms with Crippen molar-refractivity contribution in [3.8, 4) is 40.5 Å². The molecule has 0 radical (unpaired) electrons. The maximum atomic E-state index is 9.28. The van der Waals surface area contributed by atoms with Crippen LogP contribution in [0.25, 0.3) is 22.8 Å². The van der Waals surface area contributed by atoms with E-state index in [1.807, 2.05) is 0 Å². The Labute approximate surface area is 166 Å². The van der Waals surface area contributed by atoms with Crippen LogP contribution in [0.15, 0.2) is 55.2 Å². The number of nitriles is 1. The number of nitrogens with zero attached hydrogens (tertiary/aromatic N) is 7. The average molecular weight is 384 g/mol. The summed E-state index contributed by atoms with van der Waals surface area (Å²) in [4.78, 5) is 17.0. The van der Waals surface area contributed by atoms with Gasteiger partial charge < -0.3 is 10.5 Å². The van der Waals surface area contributed by atoms with Gasteiger partial charge in [0.2, 0.25) is 5.88 Å². The van der Waals surface area contributed by atoms with E-state index in [1.54, 1.807) is 67.0 Å². The van der Waals surface area contributed by atoms with Gasteiger partial charge in [0.15, 0.2) is 5.82 Å². The van der Waals surface area contributed by atoms with Crippen molar-refractivity contribution in [2.75, 3.05) is 0 Å². The fourth-order valence-corrected chi connectivity index (χ4v) is 2.68. The molecule has 0 atom stereocenters. The molecule has 0 aliphatic carbocycles. The van der Waals surface area contributed by atoms with Crippen LogP contribution in [0.2, 0.25) is 0 Å². The molecular weight excluding hydrogens is 368 g/mol. The standard InChI is InChI=1S/C20H16N8O/c1-28-19(7-16(27-28)17-12-23-4-5-24-17)29-18-6-13(8-21)2-3-15(18)20-25-10-14(9-22)11-26-20/h2-7,10-12H,9,22H2,1H3. The number of nitrogens with two attached hydrogens (primary N) is 1. The van der Waals surface area contributed by atoms with Crippen LogP contribution in [-0.2, 0) is 13.6 Å². The van der Waals surface area contributed by atoms with Gasteiger partial charge in [-0.15, -0.1) is 0 Å². The summed E-state index contributed by atoms with van der Waals surface area (Å²) < 4.78 is 7.68. The number of aromatic nitrogens is 6. The van der Waals surface area contributed by atoms with E-state index in [0.29, 0.717) is 46.5 Å². The van der Waals surface area contributed by atoms with E-state index in [9.17, 15) is 5.26 Å². The Kier molecular flexibility index (Phi) is 4.92. The van der Waals surface area contributed by atoms with Crippen molar-refractivity contribution >= 4 is 0 Å². The lowest BCUT2D eigenvalue weighted by molar-refractivity contribution is 0.432. The molecule has 0 bridgehead atoms. The molecule has 0 saturated carbocycles. The van der Waals surface area contributed by atoms with Crippen LogP contribution in [0.5, 0.6) is 11.6 Å². The topological polar surface area (TPSA) is 128 Å². The third kappa shape index (κ3) is 3.78. The molecule has 2 N–H and O–H groups in total. The summed E-state index contributed by atoms with van der Waals surface area (Å²) in [6.45, 7) is 0.358. The minimum atomic E-state index is 0.358. The van der Waals surface area contributed by atoms with Crippen molar-refractivity contribution in [3.63, 3.8) is 0 Å². The van der Waals surface area contributed by atoms with Crippen LogP contribution in [0.4, 0.5) is 0 Å². The molecule has 3 heterocycles. The van der Waals surface area contributed by atoms with Crippen LogP contribution in [0.1, 0.15) is 11.1 Å². The molecule has 4 aromatic rings. The Bertz CT molecular complexity index is 1180. The highest BCUT2D eigenvalue weighted by atomic mass is 16.5. The largest absolute Gasteiger partial charge is 0.438 e. The van der Waals surface area contributed by atoms with Gasteiger partial charge in [-0.3, -0.25) is 9.97 Å². The second-order valence-electron chi connectivity index (χ2n) is 6.13. The lowest BCUT2D eigenvalue weighted by Crippen LogP contribution is -2.01. The second kappa shape index (κ2) is 7.84. The smallest absolute Gasteiger partial charge is 0.218 e. The highest BCUT2D eigenvalue weighted by molar-refractivity contribution is 5.66. The highest BCUT2D eigenvalue weighted by Crippen LogP contribution is 2.33. The van der Waals surface area contributed by atoms with Gasteiger partial charge in [-0.25, -0.2) is 14.6 Å². The summed E-state index contributed by atoms with van der Waals surface area (Å²) in [5.74, 6) is 1.39. The van der Waals surface area contributed by atoms with E-state index >= 15 is 0 Å².